The number of hydrogen-bond acceptors (Lipinski definition) is 7. The topological polar surface area (TPSA) is 108 Å². The normalized spacial score (nSPS) is 23.3. The number of esters is 1. The van der Waals surface area contributed by atoms with Gasteiger partial charge in [-0.1, -0.05) is 25.2 Å². The van der Waals surface area contributed by atoms with E-state index in [4.69, 9.17) is 9.57 Å². The lowest BCUT2D eigenvalue weighted by Gasteiger charge is -2.26. The van der Waals surface area contributed by atoms with Crippen LogP contribution in [-0.4, -0.2) is 52.8 Å². The van der Waals surface area contributed by atoms with Gasteiger partial charge in [-0.05, 0) is 62.3 Å². The van der Waals surface area contributed by atoms with E-state index in [9.17, 15) is 19.8 Å². The number of rotatable bonds is 4. The van der Waals surface area contributed by atoms with Crippen molar-refractivity contribution in [2.45, 2.75) is 52.1 Å². The molecule has 1 unspecified atom stereocenters. The van der Waals surface area contributed by atoms with E-state index in [2.05, 4.69) is 18.5 Å². The van der Waals surface area contributed by atoms with E-state index in [1.54, 1.807) is 24.0 Å². The van der Waals surface area contributed by atoms with Gasteiger partial charge in [-0.25, -0.2) is 4.79 Å². The number of piperidine rings is 1. The molecule has 8 heteroatoms. The Kier molecular flexibility index (Phi) is 9.16. The zero-order valence-corrected chi connectivity index (χ0v) is 19.8. The quantitative estimate of drug-likeness (QED) is 0.346. The third kappa shape index (κ3) is 7.38. The van der Waals surface area contributed by atoms with Gasteiger partial charge in [0.15, 0.2) is 6.61 Å². The second kappa shape index (κ2) is 12.3. The number of hydroxylamine groups is 1. The van der Waals surface area contributed by atoms with Crippen molar-refractivity contribution >= 4 is 18.0 Å². The molecule has 0 aliphatic carbocycles. The molecule has 2 atom stereocenters. The number of allylic oxidation sites excluding steroid dienone is 3. The number of phenols is 2. The maximum atomic E-state index is 12.8. The molecule has 0 aromatic heterocycles. The van der Waals surface area contributed by atoms with Crippen LogP contribution in [0.1, 0.15) is 61.9 Å². The first kappa shape index (κ1) is 25.4. The molecule has 1 saturated heterocycles. The fourth-order valence-electron chi connectivity index (χ4n) is 3.94. The van der Waals surface area contributed by atoms with E-state index in [1.807, 2.05) is 12.2 Å². The van der Waals surface area contributed by atoms with E-state index >= 15 is 0 Å². The van der Waals surface area contributed by atoms with E-state index < -0.39 is 5.97 Å². The number of carbonyl (C=O) groups is 2. The number of amides is 1. The van der Waals surface area contributed by atoms with Gasteiger partial charge in [0.25, 0.3) is 5.91 Å². The third-order valence-electron chi connectivity index (χ3n) is 5.79. The number of benzene rings is 1. The van der Waals surface area contributed by atoms with Crippen molar-refractivity contribution in [1.82, 2.24) is 10.4 Å². The summed E-state index contributed by atoms with van der Waals surface area (Å²) >= 11 is 0. The summed E-state index contributed by atoms with van der Waals surface area (Å²) in [4.78, 5) is 32.5. The molecule has 0 bridgehead atoms. The molecule has 1 aromatic carbocycles. The minimum absolute atomic E-state index is 0.0591. The lowest BCUT2D eigenvalue weighted by atomic mass is 10.0. The summed E-state index contributed by atoms with van der Waals surface area (Å²) in [6.45, 7) is 5.21. The van der Waals surface area contributed by atoms with Gasteiger partial charge in [0, 0.05) is 25.6 Å². The van der Waals surface area contributed by atoms with Crippen LogP contribution in [0.15, 0.2) is 42.1 Å². The first-order valence-corrected chi connectivity index (χ1v) is 11.8. The monoisotopic (exact) mass is 470 g/mol. The number of carbonyl (C=O) groups excluding carboxylic acids is 2. The number of likely N-dealkylation sites (tertiary alicyclic amines) is 1. The molecule has 0 spiro atoms. The van der Waals surface area contributed by atoms with Crippen molar-refractivity contribution in [3.63, 3.8) is 0 Å². The molecule has 0 radical (unpaired) electrons. The molecule has 2 heterocycles. The fourth-order valence-corrected chi connectivity index (χ4v) is 3.94. The molecule has 3 rings (SSSR count). The van der Waals surface area contributed by atoms with Crippen molar-refractivity contribution in [2.75, 3.05) is 19.7 Å². The number of ether oxygens (including phenoxy) is 1. The number of nitrogens with zero attached hydrogens (tertiary/aromatic N) is 1. The highest BCUT2D eigenvalue weighted by Gasteiger charge is 2.21. The Morgan fingerprint density at radius 3 is 2.68 bits per heavy atom. The smallest absolute Gasteiger partial charge is 0.342 e. The van der Waals surface area contributed by atoms with Crippen LogP contribution >= 0.6 is 0 Å². The molecule has 1 aromatic rings. The molecule has 0 saturated carbocycles. The van der Waals surface area contributed by atoms with E-state index in [-0.39, 0.29) is 47.2 Å². The first-order chi connectivity index (χ1) is 16.3. The average Bonchev–Trinajstić information content (AvgIpc) is 2.78. The lowest BCUT2D eigenvalue weighted by molar-refractivity contribution is -0.139. The van der Waals surface area contributed by atoms with Gasteiger partial charge in [0.2, 0.25) is 0 Å². The Labute approximate surface area is 200 Å². The number of cyclic esters (lactones) is 1. The van der Waals surface area contributed by atoms with Gasteiger partial charge < -0.3 is 19.8 Å². The lowest BCUT2D eigenvalue weighted by Crippen LogP contribution is -2.39. The van der Waals surface area contributed by atoms with Gasteiger partial charge in [-0.15, -0.1) is 0 Å². The van der Waals surface area contributed by atoms with Gasteiger partial charge in [0.05, 0.1) is 5.70 Å². The molecule has 34 heavy (non-hydrogen) atoms. The number of phenolic OH excluding ortho intramolecular Hbond substituents is 2. The van der Waals surface area contributed by atoms with Crippen molar-refractivity contribution in [3.8, 4) is 11.5 Å². The van der Waals surface area contributed by atoms with Gasteiger partial charge in [0.1, 0.15) is 23.2 Å². The molecular formula is C26H34N2O6. The highest BCUT2D eigenvalue weighted by atomic mass is 16.6. The van der Waals surface area contributed by atoms with Gasteiger partial charge in [-0.2, -0.15) is 0 Å². The Morgan fingerprint density at radius 1 is 1.15 bits per heavy atom. The van der Waals surface area contributed by atoms with E-state index in [0.717, 1.165) is 44.8 Å². The first-order valence-electron chi connectivity index (χ1n) is 11.8. The predicted octanol–water partition coefficient (Wildman–Crippen LogP) is 4.06. The molecular weight excluding hydrogens is 436 g/mol. The van der Waals surface area contributed by atoms with Crippen LogP contribution in [0, 0.1) is 5.92 Å². The third-order valence-corrected chi connectivity index (χ3v) is 5.79. The highest BCUT2D eigenvalue weighted by molar-refractivity contribution is 5.97. The number of hydrogen-bond donors (Lipinski definition) is 3. The Hall–Kier alpha value is -3.26. The average molecular weight is 471 g/mol. The Bertz CT molecular complexity index is 962. The number of nitrogens with one attached hydrogen (secondary N) is 1. The van der Waals surface area contributed by atoms with Crippen molar-refractivity contribution in [3.05, 3.63) is 53.3 Å². The summed E-state index contributed by atoms with van der Waals surface area (Å²) in [6.07, 6.45) is 13.4. The van der Waals surface area contributed by atoms with Crippen LogP contribution in [0.2, 0.25) is 0 Å². The van der Waals surface area contributed by atoms with Crippen LogP contribution in [0.3, 0.4) is 0 Å². The SMILES string of the molecule is CC1C=CC[C@@H](C)OC(=O)c2c(O)cc(O)cc2/C=C(\NOCC(=O)N2CCCCC2)C=CC1. The molecule has 2 aliphatic heterocycles. The summed E-state index contributed by atoms with van der Waals surface area (Å²) in [6, 6.07) is 2.46. The minimum atomic E-state index is -0.695. The molecule has 3 N–H and O–H groups in total. The molecule has 1 fully saturated rings. The number of aromatic hydroxyl groups is 2. The summed E-state index contributed by atoms with van der Waals surface area (Å²) in [5.41, 5.74) is 3.43. The van der Waals surface area contributed by atoms with E-state index in [0.29, 0.717) is 12.1 Å². The predicted molar refractivity (Wildman–Crippen MR) is 129 cm³/mol. The van der Waals surface area contributed by atoms with Crippen molar-refractivity contribution < 1.29 is 29.4 Å². The maximum Gasteiger partial charge on any atom is 0.342 e. The molecule has 8 nitrogen and oxygen atoms in total. The minimum Gasteiger partial charge on any atom is -0.508 e. The van der Waals surface area contributed by atoms with Crippen LogP contribution < -0.4 is 5.48 Å². The van der Waals surface area contributed by atoms with Gasteiger partial charge in [-0.3, -0.25) is 15.1 Å². The van der Waals surface area contributed by atoms with E-state index in [1.165, 1.54) is 6.07 Å². The van der Waals surface area contributed by atoms with Crippen LogP contribution in [-0.2, 0) is 14.4 Å². The maximum absolute atomic E-state index is 12.8. The van der Waals surface area contributed by atoms with Crippen LogP contribution in [0.5, 0.6) is 11.5 Å². The second-order valence-corrected chi connectivity index (χ2v) is 8.86. The van der Waals surface area contributed by atoms with Gasteiger partial charge >= 0.3 is 5.97 Å². The molecule has 1 amide bonds. The molecule has 2 aliphatic rings. The standard InChI is InChI=1S/C26H34N2O6/c1-18-8-6-10-19(2)34-26(32)25-20(15-22(29)16-23(25)30)14-21(11-7-9-18)27-33-17-24(31)28-12-4-3-5-13-28/h6-8,11,14-16,18-19,27,29-30H,3-5,9-10,12-13,17H2,1-2H3/b8-6?,11-7?,21-14-/t18?,19-/m1/s1. The summed E-state index contributed by atoms with van der Waals surface area (Å²) in [5, 5.41) is 20.4. The van der Waals surface area contributed by atoms with Crippen molar-refractivity contribution in [2.24, 2.45) is 5.92 Å². The largest absolute Gasteiger partial charge is 0.508 e. The van der Waals surface area contributed by atoms with Crippen molar-refractivity contribution in [1.29, 1.82) is 0 Å². The number of fused-ring (bicyclic) bond motifs is 1. The second-order valence-electron chi connectivity index (χ2n) is 8.86. The van der Waals surface area contributed by atoms with Crippen LogP contribution in [0.25, 0.3) is 6.08 Å². The Morgan fingerprint density at radius 2 is 1.91 bits per heavy atom. The summed E-state index contributed by atoms with van der Waals surface area (Å²) in [5.74, 6) is -1.10. The van der Waals surface area contributed by atoms with Crippen LogP contribution in [0.4, 0.5) is 0 Å². The molecule has 184 valence electrons. The zero-order chi connectivity index (χ0) is 24.5. The zero-order valence-electron chi connectivity index (χ0n) is 19.8. The Balaban J connectivity index is 1.85. The highest BCUT2D eigenvalue weighted by Crippen LogP contribution is 2.30. The fraction of sp³-hybridized carbons (Fsp3) is 0.462. The summed E-state index contributed by atoms with van der Waals surface area (Å²) < 4.78 is 5.51. The summed E-state index contributed by atoms with van der Waals surface area (Å²) in [7, 11) is 0.